The Labute approximate surface area is 193 Å². The fraction of sp³-hybridized carbons (Fsp3) is 0.320. The highest BCUT2D eigenvalue weighted by Crippen LogP contribution is 2.32. The molecule has 3 amide bonds. The molecule has 0 unspecified atom stereocenters. The first-order valence-electron chi connectivity index (χ1n) is 10.6. The second kappa shape index (κ2) is 10.0. The molecule has 1 N–H and O–H groups in total. The van der Waals surface area contributed by atoms with Crippen molar-refractivity contribution in [2.75, 3.05) is 11.9 Å². The normalized spacial score (nSPS) is 15.9. The standard InChI is InChI=1S/C25H28N2O4S/c1-6-18(5)31-20-9-7-19(8-10-20)13-21-24(29)27(25(30)32-21)14-22(28)26-23-16(3)11-15(2)12-17(23)4/h7-13,18H,6,14H2,1-5H3,(H,26,28)/b21-13-/t18-/m0/s1. The molecule has 1 aliphatic heterocycles. The van der Waals surface area contributed by atoms with Gasteiger partial charge in [-0.25, -0.2) is 0 Å². The average molecular weight is 453 g/mol. The minimum Gasteiger partial charge on any atom is -0.491 e. The molecule has 1 heterocycles. The molecular formula is C25H28N2O4S. The molecular weight excluding hydrogens is 424 g/mol. The van der Waals surface area contributed by atoms with Crippen LogP contribution in [0.4, 0.5) is 10.5 Å². The van der Waals surface area contributed by atoms with Gasteiger partial charge in [0.25, 0.3) is 11.1 Å². The Bertz CT molecular complexity index is 1050. The van der Waals surface area contributed by atoms with Crippen molar-refractivity contribution in [2.45, 2.75) is 47.1 Å². The monoisotopic (exact) mass is 452 g/mol. The zero-order chi connectivity index (χ0) is 23.4. The van der Waals surface area contributed by atoms with Gasteiger partial charge in [0.05, 0.1) is 11.0 Å². The van der Waals surface area contributed by atoms with Crippen molar-refractivity contribution in [1.82, 2.24) is 4.90 Å². The van der Waals surface area contributed by atoms with Crippen molar-refractivity contribution in [1.29, 1.82) is 0 Å². The first-order chi connectivity index (χ1) is 15.2. The Morgan fingerprint density at radius 2 is 1.75 bits per heavy atom. The number of nitrogens with one attached hydrogen (secondary N) is 1. The molecule has 0 spiro atoms. The molecule has 2 aromatic rings. The molecule has 0 bridgehead atoms. The largest absolute Gasteiger partial charge is 0.491 e. The van der Waals surface area contributed by atoms with Crippen molar-refractivity contribution in [3.8, 4) is 5.75 Å². The summed E-state index contributed by atoms with van der Waals surface area (Å²) in [6, 6.07) is 11.3. The van der Waals surface area contributed by atoms with E-state index in [1.807, 2.05) is 64.1 Å². The van der Waals surface area contributed by atoms with Crippen molar-refractivity contribution in [3.05, 3.63) is 63.6 Å². The first kappa shape index (κ1) is 23.6. The lowest BCUT2D eigenvalue weighted by molar-refractivity contribution is -0.127. The lowest BCUT2D eigenvalue weighted by Crippen LogP contribution is -2.36. The van der Waals surface area contributed by atoms with Gasteiger partial charge in [0.1, 0.15) is 12.3 Å². The summed E-state index contributed by atoms with van der Waals surface area (Å²) in [5.74, 6) is -0.120. The highest BCUT2D eigenvalue weighted by molar-refractivity contribution is 8.18. The Morgan fingerprint density at radius 3 is 2.34 bits per heavy atom. The Hall–Kier alpha value is -3.06. The van der Waals surface area contributed by atoms with Crippen LogP contribution in [0.5, 0.6) is 5.75 Å². The van der Waals surface area contributed by atoms with Gasteiger partial charge in [0.15, 0.2) is 0 Å². The molecule has 0 radical (unpaired) electrons. The summed E-state index contributed by atoms with van der Waals surface area (Å²) in [6.07, 6.45) is 2.69. The highest BCUT2D eigenvalue weighted by atomic mass is 32.2. The molecule has 1 atom stereocenters. The van der Waals surface area contributed by atoms with E-state index >= 15 is 0 Å². The van der Waals surface area contributed by atoms with E-state index in [1.165, 1.54) is 0 Å². The summed E-state index contributed by atoms with van der Waals surface area (Å²) in [5, 5.41) is 2.38. The van der Waals surface area contributed by atoms with Gasteiger partial charge in [-0.2, -0.15) is 0 Å². The summed E-state index contributed by atoms with van der Waals surface area (Å²) >= 11 is 0.839. The summed E-state index contributed by atoms with van der Waals surface area (Å²) in [4.78, 5) is 39.0. The van der Waals surface area contributed by atoms with Gasteiger partial charge in [-0.1, -0.05) is 36.8 Å². The van der Waals surface area contributed by atoms with E-state index in [1.54, 1.807) is 6.08 Å². The van der Waals surface area contributed by atoms with Gasteiger partial charge in [-0.3, -0.25) is 19.3 Å². The molecule has 7 heteroatoms. The Balaban J connectivity index is 1.67. The molecule has 3 rings (SSSR count). The average Bonchev–Trinajstić information content (AvgIpc) is 2.99. The molecule has 0 aromatic heterocycles. The number of amides is 3. The van der Waals surface area contributed by atoms with E-state index in [0.717, 1.165) is 51.1 Å². The van der Waals surface area contributed by atoms with Gasteiger partial charge in [0.2, 0.25) is 5.91 Å². The predicted molar refractivity (Wildman–Crippen MR) is 129 cm³/mol. The molecule has 0 aliphatic carbocycles. The van der Waals surface area contributed by atoms with Gasteiger partial charge in [-0.15, -0.1) is 0 Å². The van der Waals surface area contributed by atoms with E-state index in [2.05, 4.69) is 12.2 Å². The van der Waals surface area contributed by atoms with Gasteiger partial charge in [-0.05, 0) is 80.8 Å². The minimum atomic E-state index is -0.465. The van der Waals surface area contributed by atoms with Crippen LogP contribution in [-0.4, -0.2) is 34.6 Å². The molecule has 2 aromatic carbocycles. The number of thioether (sulfide) groups is 1. The number of aryl methyl sites for hydroxylation is 3. The zero-order valence-electron chi connectivity index (χ0n) is 19.0. The van der Waals surface area contributed by atoms with E-state index < -0.39 is 17.1 Å². The molecule has 1 saturated heterocycles. The van der Waals surface area contributed by atoms with Crippen molar-refractivity contribution in [3.63, 3.8) is 0 Å². The van der Waals surface area contributed by atoms with Crippen LogP contribution < -0.4 is 10.1 Å². The SMILES string of the molecule is CC[C@H](C)Oc1ccc(/C=C2\SC(=O)N(CC(=O)Nc3c(C)cc(C)cc3C)C2=O)cc1. The Morgan fingerprint density at radius 1 is 1.12 bits per heavy atom. The third-order valence-electron chi connectivity index (χ3n) is 5.21. The van der Waals surface area contributed by atoms with Gasteiger partial charge >= 0.3 is 0 Å². The van der Waals surface area contributed by atoms with Crippen LogP contribution in [0.25, 0.3) is 6.08 Å². The second-order valence-electron chi connectivity index (χ2n) is 8.00. The van der Waals surface area contributed by atoms with Crippen molar-refractivity contribution >= 4 is 40.6 Å². The summed E-state index contributed by atoms with van der Waals surface area (Å²) in [5.41, 5.74) is 4.47. The molecule has 168 valence electrons. The predicted octanol–water partition coefficient (Wildman–Crippen LogP) is 5.46. The topological polar surface area (TPSA) is 75.7 Å². The quantitative estimate of drug-likeness (QED) is 0.564. The second-order valence-corrected chi connectivity index (χ2v) is 8.99. The van der Waals surface area contributed by atoms with Crippen LogP contribution in [0.2, 0.25) is 0 Å². The lowest BCUT2D eigenvalue weighted by atomic mass is 10.1. The molecule has 32 heavy (non-hydrogen) atoms. The number of anilines is 1. The number of ether oxygens (including phenoxy) is 1. The van der Waals surface area contributed by atoms with E-state index in [4.69, 9.17) is 4.74 Å². The van der Waals surface area contributed by atoms with Gasteiger partial charge < -0.3 is 10.1 Å². The fourth-order valence-corrected chi connectivity index (χ4v) is 4.28. The third kappa shape index (κ3) is 5.59. The van der Waals surface area contributed by atoms with Crippen LogP contribution in [0.3, 0.4) is 0 Å². The third-order valence-corrected chi connectivity index (χ3v) is 6.11. The smallest absolute Gasteiger partial charge is 0.294 e. The van der Waals surface area contributed by atoms with Gasteiger partial charge in [0, 0.05) is 5.69 Å². The summed E-state index contributed by atoms with van der Waals surface area (Å²) < 4.78 is 5.76. The number of hydrogen-bond acceptors (Lipinski definition) is 5. The summed E-state index contributed by atoms with van der Waals surface area (Å²) in [6.45, 7) is 9.55. The number of carbonyl (C=O) groups is 3. The maximum absolute atomic E-state index is 12.7. The summed E-state index contributed by atoms with van der Waals surface area (Å²) in [7, 11) is 0. The maximum atomic E-state index is 12.7. The lowest BCUT2D eigenvalue weighted by Gasteiger charge is -2.15. The number of imide groups is 1. The maximum Gasteiger partial charge on any atom is 0.294 e. The van der Waals surface area contributed by atoms with Crippen LogP contribution in [-0.2, 0) is 9.59 Å². The zero-order valence-corrected chi connectivity index (χ0v) is 19.8. The number of carbonyl (C=O) groups excluding carboxylic acids is 3. The van der Waals surface area contributed by atoms with Crippen LogP contribution >= 0.6 is 11.8 Å². The molecule has 0 saturated carbocycles. The number of benzene rings is 2. The highest BCUT2D eigenvalue weighted by Gasteiger charge is 2.36. The van der Waals surface area contributed by atoms with Crippen LogP contribution in [0.1, 0.15) is 42.5 Å². The molecule has 1 fully saturated rings. The minimum absolute atomic E-state index is 0.121. The fourth-order valence-electron chi connectivity index (χ4n) is 3.45. The van der Waals surface area contributed by atoms with Crippen molar-refractivity contribution < 1.29 is 19.1 Å². The Kier molecular flexibility index (Phi) is 7.40. The number of rotatable bonds is 7. The van der Waals surface area contributed by atoms with Crippen LogP contribution in [0, 0.1) is 20.8 Å². The number of hydrogen-bond donors (Lipinski definition) is 1. The molecule has 6 nitrogen and oxygen atoms in total. The first-order valence-corrected chi connectivity index (χ1v) is 11.4. The van der Waals surface area contributed by atoms with Crippen LogP contribution in [0.15, 0.2) is 41.3 Å². The van der Waals surface area contributed by atoms with Crippen molar-refractivity contribution in [2.24, 2.45) is 0 Å². The van der Waals surface area contributed by atoms with E-state index in [9.17, 15) is 14.4 Å². The van der Waals surface area contributed by atoms with E-state index in [-0.39, 0.29) is 12.6 Å². The number of nitrogens with zero attached hydrogens (tertiary/aromatic N) is 1. The molecule has 1 aliphatic rings. The van der Waals surface area contributed by atoms with E-state index in [0.29, 0.717) is 10.6 Å².